The van der Waals surface area contributed by atoms with Crippen molar-refractivity contribution in [2.45, 2.75) is 12.6 Å². The number of benzene rings is 1. The summed E-state index contributed by atoms with van der Waals surface area (Å²) < 4.78 is 0. The normalized spacial score (nSPS) is 12.9. The molecule has 1 heterocycles. The van der Waals surface area contributed by atoms with Gasteiger partial charge in [0.1, 0.15) is 0 Å². The molecule has 0 radical (unpaired) electrons. The highest BCUT2D eigenvalue weighted by molar-refractivity contribution is 7.08. The van der Waals surface area contributed by atoms with Crippen LogP contribution in [0, 0.1) is 0 Å². The van der Waals surface area contributed by atoms with Crippen LogP contribution in [0.2, 0.25) is 0 Å². The quantitative estimate of drug-likeness (QED) is 0.899. The third kappa shape index (κ3) is 3.16. The van der Waals surface area contributed by atoms with Crippen molar-refractivity contribution in [2.24, 2.45) is 5.73 Å². The van der Waals surface area contributed by atoms with Gasteiger partial charge in [0.25, 0.3) is 0 Å². The van der Waals surface area contributed by atoms with E-state index in [9.17, 15) is 0 Å². The Bertz CT molecular complexity index is 446. The molecule has 0 spiro atoms. The van der Waals surface area contributed by atoms with Gasteiger partial charge in [-0.15, -0.1) is 0 Å². The first-order valence-electron chi connectivity index (χ1n) is 5.68. The Morgan fingerprint density at radius 1 is 1.12 bits per heavy atom. The minimum atomic E-state index is -0.00495. The van der Waals surface area contributed by atoms with Gasteiger partial charge in [-0.3, -0.25) is 0 Å². The van der Waals surface area contributed by atoms with Crippen LogP contribution in [0.3, 0.4) is 0 Å². The SMILES string of the molecule is CN(C)Cc1ccc(C(N)c2ccsc2)cc1. The Balaban J connectivity index is 2.12. The zero-order valence-electron chi connectivity index (χ0n) is 10.3. The molecule has 0 aliphatic heterocycles. The molecule has 0 aliphatic carbocycles. The summed E-state index contributed by atoms with van der Waals surface area (Å²) in [6.07, 6.45) is 0. The molecule has 0 bridgehead atoms. The monoisotopic (exact) mass is 246 g/mol. The molecule has 17 heavy (non-hydrogen) atoms. The van der Waals surface area contributed by atoms with Crippen LogP contribution in [0.5, 0.6) is 0 Å². The van der Waals surface area contributed by atoms with Crippen molar-refractivity contribution in [1.29, 1.82) is 0 Å². The summed E-state index contributed by atoms with van der Waals surface area (Å²) >= 11 is 1.69. The van der Waals surface area contributed by atoms with Crippen LogP contribution < -0.4 is 5.73 Å². The summed E-state index contributed by atoms with van der Waals surface area (Å²) in [7, 11) is 4.15. The van der Waals surface area contributed by atoms with Crippen molar-refractivity contribution in [2.75, 3.05) is 14.1 Å². The molecule has 1 aromatic heterocycles. The fourth-order valence-electron chi connectivity index (χ4n) is 1.84. The van der Waals surface area contributed by atoms with Crippen LogP contribution in [0.1, 0.15) is 22.7 Å². The first-order valence-corrected chi connectivity index (χ1v) is 6.62. The molecular weight excluding hydrogens is 228 g/mol. The molecule has 2 N–H and O–H groups in total. The maximum Gasteiger partial charge on any atom is 0.0559 e. The van der Waals surface area contributed by atoms with E-state index in [1.165, 1.54) is 16.7 Å². The summed E-state index contributed by atoms with van der Waals surface area (Å²) in [6.45, 7) is 0.966. The molecular formula is C14H18N2S. The van der Waals surface area contributed by atoms with Crippen molar-refractivity contribution in [3.05, 3.63) is 57.8 Å². The van der Waals surface area contributed by atoms with Gasteiger partial charge in [0.2, 0.25) is 0 Å². The average Bonchev–Trinajstić information content (AvgIpc) is 2.82. The van der Waals surface area contributed by atoms with Crippen molar-refractivity contribution in [1.82, 2.24) is 4.90 Å². The van der Waals surface area contributed by atoms with Crippen LogP contribution in [0.25, 0.3) is 0 Å². The molecule has 2 nitrogen and oxygen atoms in total. The van der Waals surface area contributed by atoms with Crippen LogP contribution in [0.15, 0.2) is 41.1 Å². The van der Waals surface area contributed by atoms with Gasteiger partial charge in [-0.05, 0) is 47.6 Å². The maximum absolute atomic E-state index is 6.21. The van der Waals surface area contributed by atoms with Gasteiger partial charge >= 0.3 is 0 Å². The Morgan fingerprint density at radius 3 is 2.35 bits per heavy atom. The van der Waals surface area contributed by atoms with Crippen LogP contribution in [0.4, 0.5) is 0 Å². The summed E-state index contributed by atoms with van der Waals surface area (Å²) in [5.74, 6) is 0. The largest absolute Gasteiger partial charge is 0.320 e. The fraction of sp³-hybridized carbons (Fsp3) is 0.286. The first kappa shape index (κ1) is 12.3. The van der Waals surface area contributed by atoms with Gasteiger partial charge in [0, 0.05) is 6.54 Å². The molecule has 0 aliphatic rings. The molecule has 1 unspecified atom stereocenters. The highest BCUT2D eigenvalue weighted by Crippen LogP contribution is 2.22. The molecule has 90 valence electrons. The van der Waals surface area contributed by atoms with Crippen LogP contribution in [-0.4, -0.2) is 19.0 Å². The van der Waals surface area contributed by atoms with Crippen molar-refractivity contribution < 1.29 is 0 Å². The van der Waals surface area contributed by atoms with Gasteiger partial charge in [-0.2, -0.15) is 11.3 Å². The van der Waals surface area contributed by atoms with E-state index >= 15 is 0 Å². The molecule has 1 aromatic carbocycles. The molecule has 2 rings (SSSR count). The Kier molecular flexibility index (Phi) is 3.94. The van der Waals surface area contributed by atoms with Gasteiger partial charge in [0.15, 0.2) is 0 Å². The van der Waals surface area contributed by atoms with E-state index in [-0.39, 0.29) is 6.04 Å². The predicted molar refractivity (Wildman–Crippen MR) is 74.2 cm³/mol. The standard InChI is InChI=1S/C14H18N2S/c1-16(2)9-11-3-5-12(6-4-11)14(15)13-7-8-17-10-13/h3-8,10,14H,9,15H2,1-2H3. The van der Waals surface area contributed by atoms with Gasteiger partial charge < -0.3 is 10.6 Å². The number of nitrogens with zero attached hydrogens (tertiary/aromatic N) is 1. The maximum atomic E-state index is 6.21. The lowest BCUT2D eigenvalue weighted by molar-refractivity contribution is 0.402. The van der Waals surface area contributed by atoms with E-state index in [1.807, 2.05) is 0 Å². The smallest absolute Gasteiger partial charge is 0.0559 e. The lowest BCUT2D eigenvalue weighted by atomic mass is 10.0. The minimum absolute atomic E-state index is 0.00495. The number of hydrogen-bond donors (Lipinski definition) is 1. The zero-order chi connectivity index (χ0) is 12.3. The summed E-state index contributed by atoms with van der Waals surface area (Å²) in [6, 6.07) is 10.6. The van der Waals surface area contributed by atoms with Crippen molar-refractivity contribution in [3.63, 3.8) is 0 Å². The number of hydrogen-bond acceptors (Lipinski definition) is 3. The lowest BCUT2D eigenvalue weighted by Gasteiger charge is -2.13. The number of thiophene rings is 1. The van der Waals surface area contributed by atoms with Crippen molar-refractivity contribution in [3.8, 4) is 0 Å². The molecule has 0 fully saturated rings. The third-order valence-corrected chi connectivity index (χ3v) is 3.44. The molecule has 0 saturated carbocycles. The van der Waals surface area contributed by atoms with E-state index < -0.39 is 0 Å². The average molecular weight is 246 g/mol. The van der Waals surface area contributed by atoms with E-state index in [1.54, 1.807) is 11.3 Å². The Labute approximate surface area is 107 Å². The fourth-order valence-corrected chi connectivity index (χ4v) is 2.54. The highest BCUT2D eigenvalue weighted by atomic mass is 32.1. The highest BCUT2D eigenvalue weighted by Gasteiger charge is 2.08. The lowest BCUT2D eigenvalue weighted by Crippen LogP contribution is -2.12. The second-order valence-electron chi connectivity index (χ2n) is 4.51. The predicted octanol–water partition coefficient (Wildman–Crippen LogP) is 2.86. The summed E-state index contributed by atoms with van der Waals surface area (Å²) in [4.78, 5) is 2.16. The van der Waals surface area contributed by atoms with Crippen molar-refractivity contribution >= 4 is 11.3 Å². The zero-order valence-corrected chi connectivity index (χ0v) is 11.1. The van der Waals surface area contributed by atoms with E-state index in [4.69, 9.17) is 5.73 Å². The molecule has 2 aromatic rings. The van der Waals surface area contributed by atoms with Gasteiger partial charge in [-0.25, -0.2) is 0 Å². The Morgan fingerprint density at radius 2 is 1.82 bits per heavy atom. The van der Waals surface area contributed by atoms with E-state index in [2.05, 4.69) is 60.1 Å². The molecule has 0 saturated heterocycles. The van der Waals surface area contributed by atoms with Gasteiger partial charge in [-0.1, -0.05) is 24.3 Å². The van der Waals surface area contributed by atoms with E-state index in [0.717, 1.165) is 6.54 Å². The van der Waals surface area contributed by atoms with Crippen LogP contribution >= 0.6 is 11.3 Å². The second-order valence-corrected chi connectivity index (χ2v) is 5.29. The van der Waals surface area contributed by atoms with Gasteiger partial charge in [0.05, 0.1) is 6.04 Å². The number of nitrogens with two attached hydrogens (primary N) is 1. The van der Waals surface area contributed by atoms with Crippen LogP contribution in [-0.2, 0) is 6.54 Å². The summed E-state index contributed by atoms with van der Waals surface area (Å²) in [5.41, 5.74) is 9.89. The molecule has 3 heteroatoms. The summed E-state index contributed by atoms with van der Waals surface area (Å²) in [5, 5.41) is 4.17. The number of rotatable bonds is 4. The second kappa shape index (κ2) is 5.45. The topological polar surface area (TPSA) is 29.3 Å². The Hall–Kier alpha value is -1.16. The van der Waals surface area contributed by atoms with E-state index in [0.29, 0.717) is 0 Å². The molecule has 0 amide bonds. The minimum Gasteiger partial charge on any atom is -0.320 e. The third-order valence-electron chi connectivity index (χ3n) is 2.74. The molecule has 1 atom stereocenters. The first-order chi connectivity index (χ1) is 8.16.